The van der Waals surface area contributed by atoms with Crippen molar-refractivity contribution in [3.63, 3.8) is 0 Å². The van der Waals surface area contributed by atoms with Crippen LogP contribution in [0, 0.1) is 23.7 Å². The van der Waals surface area contributed by atoms with E-state index in [0.29, 0.717) is 12.3 Å². The van der Waals surface area contributed by atoms with Gasteiger partial charge in [-0.25, -0.2) is 0 Å². The first-order valence-corrected chi connectivity index (χ1v) is 7.07. The molecule has 3 nitrogen and oxygen atoms in total. The largest absolute Gasteiger partial charge is 0.468 e. The summed E-state index contributed by atoms with van der Waals surface area (Å²) in [5.41, 5.74) is 0. The van der Waals surface area contributed by atoms with Crippen LogP contribution in [0.3, 0.4) is 0 Å². The van der Waals surface area contributed by atoms with E-state index in [0.717, 1.165) is 18.8 Å². The molecule has 1 saturated carbocycles. The number of Topliss-reactive ketones (excluding diaryl/α,β-unsaturated/α-hetero) is 1. The van der Waals surface area contributed by atoms with E-state index in [9.17, 15) is 9.59 Å². The number of ether oxygens (including phenoxy) is 1. The number of carbonyl (C=O) groups is 2. The Kier molecular flexibility index (Phi) is 5.83. The summed E-state index contributed by atoms with van der Waals surface area (Å²) >= 11 is 0. The van der Waals surface area contributed by atoms with Gasteiger partial charge in [0, 0.05) is 6.42 Å². The van der Waals surface area contributed by atoms with Gasteiger partial charge in [-0.05, 0) is 24.2 Å². The van der Waals surface area contributed by atoms with E-state index in [1.54, 1.807) is 0 Å². The van der Waals surface area contributed by atoms with Gasteiger partial charge in [0.25, 0.3) is 0 Å². The molecule has 0 aliphatic heterocycles. The summed E-state index contributed by atoms with van der Waals surface area (Å²) in [6.45, 7) is 6.61. The highest BCUT2D eigenvalue weighted by Gasteiger charge is 2.42. The van der Waals surface area contributed by atoms with Gasteiger partial charge in [-0.2, -0.15) is 0 Å². The Morgan fingerprint density at radius 2 is 2.00 bits per heavy atom. The molecule has 0 spiro atoms. The number of hydrogen-bond acceptors (Lipinski definition) is 3. The van der Waals surface area contributed by atoms with Gasteiger partial charge in [0.05, 0.1) is 7.11 Å². The smallest absolute Gasteiger partial charge is 0.316 e. The zero-order valence-corrected chi connectivity index (χ0v) is 12.1. The molecule has 0 heterocycles. The molecule has 0 bridgehead atoms. The average molecular weight is 254 g/mol. The van der Waals surface area contributed by atoms with Crippen LogP contribution in [0.1, 0.15) is 52.9 Å². The fraction of sp³-hybridized carbons (Fsp3) is 0.867. The predicted molar refractivity (Wildman–Crippen MR) is 71.1 cm³/mol. The summed E-state index contributed by atoms with van der Waals surface area (Å²) < 4.78 is 4.77. The van der Waals surface area contributed by atoms with Gasteiger partial charge >= 0.3 is 5.97 Å². The first-order valence-electron chi connectivity index (χ1n) is 7.07. The molecule has 1 aliphatic rings. The van der Waals surface area contributed by atoms with Crippen molar-refractivity contribution in [1.82, 2.24) is 0 Å². The molecule has 18 heavy (non-hydrogen) atoms. The third-order valence-electron chi connectivity index (χ3n) is 4.13. The van der Waals surface area contributed by atoms with Crippen LogP contribution in [0.25, 0.3) is 0 Å². The van der Waals surface area contributed by atoms with E-state index >= 15 is 0 Å². The summed E-state index contributed by atoms with van der Waals surface area (Å²) in [7, 11) is 1.37. The maximum absolute atomic E-state index is 11.8. The van der Waals surface area contributed by atoms with E-state index in [1.807, 2.05) is 0 Å². The van der Waals surface area contributed by atoms with E-state index in [2.05, 4.69) is 20.8 Å². The van der Waals surface area contributed by atoms with Gasteiger partial charge in [0.1, 0.15) is 11.7 Å². The van der Waals surface area contributed by atoms with Crippen molar-refractivity contribution in [3.05, 3.63) is 0 Å². The maximum Gasteiger partial charge on any atom is 0.316 e. The van der Waals surface area contributed by atoms with Crippen LogP contribution in [-0.2, 0) is 14.3 Å². The van der Waals surface area contributed by atoms with Crippen molar-refractivity contribution in [2.75, 3.05) is 7.11 Å². The van der Waals surface area contributed by atoms with Crippen LogP contribution < -0.4 is 0 Å². The first-order chi connectivity index (χ1) is 8.47. The summed E-state index contributed by atoms with van der Waals surface area (Å²) in [5.74, 6) is 0.583. The fourth-order valence-electron chi connectivity index (χ4n) is 2.98. The van der Waals surface area contributed by atoms with Crippen LogP contribution in [0.4, 0.5) is 0 Å². The number of carbonyl (C=O) groups excluding carboxylic acids is 2. The summed E-state index contributed by atoms with van der Waals surface area (Å²) in [6.07, 6.45) is 4.88. The van der Waals surface area contributed by atoms with E-state index in [1.165, 1.54) is 20.0 Å². The quantitative estimate of drug-likeness (QED) is 0.540. The Morgan fingerprint density at radius 3 is 2.56 bits per heavy atom. The molecule has 0 aromatic rings. The lowest BCUT2D eigenvalue weighted by atomic mass is 9.81. The Hall–Kier alpha value is -0.860. The average Bonchev–Trinajstić information content (AvgIpc) is 2.69. The SMILES string of the molecule is COC(=O)[C@@H]1C(=O)CC[C@H]1[C@@H](C)CCCC(C)C. The van der Waals surface area contributed by atoms with Gasteiger partial charge in [-0.3, -0.25) is 9.59 Å². The second-order valence-corrected chi connectivity index (χ2v) is 5.97. The second kappa shape index (κ2) is 6.91. The number of esters is 1. The highest BCUT2D eigenvalue weighted by molar-refractivity contribution is 6.00. The van der Waals surface area contributed by atoms with E-state index < -0.39 is 5.92 Å². The zero-order chi connectivity index (χ0) is 13.7. The van der Waals surface area contributed by atoms with Gasteiger partial charge in [0.15, 0.2) is 0 Å². The molecular formula is C15H26O3. The normalized spacial score (nSPS) is 25.5. The monoisotopic (exact) mass is 254 g/mol. The summed E-state index contributed by atoms with van der Waals surface area (Å²) in [6, 6.07) is 0. The van der Waals surface area contributed by atoms with Crippen LogP contribution in [-0.4, -0.2) is 18.9 Å². The Labute approximate surface area is 110 Å². The summed E-state index contributed by atoms with van der Waals surface area (Å²) in [4.78, 5) is 23.4. The molecule has 104 valence electrons. The van der Waals surface area contributed by atoms with Gasteiger partial charge in [-0.1, -0.05) is 40.0 Å². The number of hydrogen-bond donors (Lipinski definition) is 0. The molecule has 0 aromatic heterocycles. The second-order valence-electron chi connectivity index (χ2n) is 5.97. The Balaban J connectivity index is 2.53. The number of rotatable bonds is 6. The standard InChI is InChI=1S/C15H26O3/c1-10(2)6-5-7-11(3)12-8-9-13(16)14(12)15(17)18-4/h10-12,14H,5-9H2,1-4H3/t11-,12-,14-/m0/s1. The van der Waals surface area contributed by atoms with Crippen molar-refractivity contribution in [2.45, 2.75) is 52.9 Å². The minimum atomic E-state index is -0.496. The predicted octanol–water partition coefficient (Wildman–Crippen LogP) is 3.22. The first kappa shape index (κ1) is 15.2. The van der Waals surface area contributed by atoms with Gasteiger partial charge in [0.2, 0.25) is 0 Å². The van der Waals surface area contributed by atoms with Crippen LogP contribution in [0.5, 0.6) is 0 Å². The van der Waals surface area contributed by atoms with Gasteiger partial charge < -0.3 is 4.74 Å². The molecule has 3 atom stereocenters. The summed E-state index contributed by atoms with van der Waals surface area (Å²) in [5, 5.41) is 0. The van der Waals surface area contributed by atoms with E-state index in [-0.39, 0.29) is 17.7 Å². The molecule has 1 fully saturated rings. The lowest BCUT2D eigenvalue weighted by Gasteiger charge is -2.23. The number of methoxy groups -OCH3 is 1. The maximum atomic E-state index is 11.8. The van der Waals surface area contributed by atoms with Crippen LogP contribution >= 0.6 is 0 Å². The van der Waals surface area contributed by atoms with Crippen LogP contribution in [0.2, 0.25) is 0 Å². The molecule has 0 N–H and O–H groups in total. The molecule has 0 unspecified atom stereocenters. The lowest BCUT2D eigenvalue weighted by molar-refractivity contribution is -0.150. The van der Waals surface area contributed by atoms with E-state index in [4.69, 9.17) is 4.74 Å². The van der Waals surface area contributed by atoms with Crippen molar-refractivity contribution in [2.24, 2.45) is 23.7 Å². The third kappa shape index (κ3) is 3.82. The number of ketones is 1. The molecular weight excluding hydrogens is 228 g/mol. The topological polar surface area (TPSA) is 43.4 Å². The van der Waals surface area contributed by atoms with Crippen molar-refractivity contribution in [3.8, 4) is 0 Å². The minimum Gasteiger partial charge on any atom is -0.468 e. The van der Waals surface area contributed by atoms with Crippen LogP contribution in [0.15, 0.2) is 0 Å². The fourth-order valence-corrected chi connectivity index (χ4v) is 2.98. The molecule has 0 saturated heterocycles. The highest BCUT2D eigenvalue weighted by atomic mass is 16.5. The molecule has 3 heteroatoms. The molecule has 1 aliphatic carbocycles. The lowest BCUT2D eigenvalue weighted by Crippen LogP contribution is -2.29. The molecule has 1 rings (SSSR count). The van der Waals surface area contributed by atoms with Crippen molar-refractivity contribution in [1.29, 1.82) is 0 Å². The third-order valence-corrected chi connectivity index (χ3v) is 4.13. The Morgan fingerprint density at radius 1 is 1.33 bits per heavy atom. The van der Waals surface area contributed by atoms with Crippen molar-refractivity contribution >= 4 is 11.8 Å². The molecule has 0 amide bonds. The van der Waals surface area contributed by atoms with Gasteiger partial charge in [-0.15, -0.1) is 0 Å². The molecule has 0 radical (unpaired) electrons. The highest BCUT2D eigenvalue weighted by Crippen LogP contribution is 2.37. The minimum absolute atomic E-state index is 0.0718. The molecule has 0 aromatic carbocycles. The van der Waals surface area contributed by atoms with Crippen molar-refractivity contribution < 1.29 is 14.3 Å². The Bertz CT molecular complexity index is 296. The zero-order valence-electron chi connectivity index (χ0n) is 12.1.